The molecule has 1 aliphatic heterocycles. The lowest BCUT2D eigenvalue weighted by Gasteiger charge is -2.21. The molecule has 1 saturated carbocycles. The van der Waals surface area contributed by atoms with E-state index in [1.54, 1.807) is 0 Å². The molecule has 2 fully saturated rings. The van der Waals surface area contributed by atoms with Crippen molar-refractivity contribution in [2.75, 3.05) is 18.4 Å². The predicted octanol–water partition coefficient (Wildman–Crippen LogP) is 4.08. The van der Waals surface area contributed by atoms with E-state index in [0.29, 0.717) is 0 Å². The van der Waals surface area contributed by atoms with E-state index in [0.717, 1.165) is 30.4 Å². The highest BCUT2D eigenvalue weighted by Gasteiger charge is 2.36. The normalized spacial score (nSPS) is 25.0. The SMILES string of the molecule is CC1(C(=O)Nc2ccc(SC3CCCC3)cc2)CCNC1.Cl. The van der Waals surface area contributed by atoms with Gasteiger partial charge in [-0.25, -0.2) is 0 Å². The standard InChI is InChI=1S/C17H24N2OS.ClH/c1-17(10-11-18-12-17)16(20)19-13-6-8-15(9-7-13)21-14-4-2-3-5-14;/h6-9,14,18H,2-5,10-12H2,1H3,(H,19,20);1H. The number of thioether (sulfide) groups is 1. The van der Waals surface area contributed by atoms with Crippen LogP contribution in [0.25, 0.3) is 0 Å². The second kappa shape index (κ2) is 7.71. The minimum Gasteiger partial charge on any atom is -0.326 e. The fourth-order valence-electron chi connectivity index (χ4n) is 3.11. The molecule has 0 spiro atoms. The molecule has 1 atom stereocenters. The highest BCUT2D eigenvalue weighted by atomic mass is 35.5. The molecule has 0 radical (unpaired) electrons. The summed E-state index contributed by atoms with van der Waals surface area (Å²) >= 11 is 1.98. The minimum atomic E-state index is -0.267. The summed E-state index contributed by atoms with van der Waals surface area (Å²) in [6.45, 7) is 3.74. The Kier molecular flexibility index (Phi) is 6.18. The highest BCUT2D eigenvalue weighted by molar-refractivity contribution is 8.00. The van der Waals surface area contributed by atoms with Gasteiger partial charge < -0.3 is 10.6 Å². The largest absolute Gasteiger partial charge is 0.326 e. The zero-order chi connectivity index (χ0) is 14.7. The molecule has 1 amide bonds. The summed E-state index contributed by atoms with van der Waals surface area (Å²) in [5, 5.41) is 7.11. The van der Waals surface area contributed by atoms with Crippen molar-refractivity contribution in [1.82, 2.24) is 5.32 Å². The monoisotopic (exact) mass is 340 g/mol. The number of benzene rings is 1. The Morgan fingerprint density at radius 3 is 2.55 bits per heavy atom. The van der Waals surface area contributed by atoms with Crippen LogP contribution >= 0.6 is 24.2 Å². The lowest BCUT2D eigenvalue weighted by molar-refractivity contribution is -0.123. The quantitative estimate of drug-likeness (QED) is 0.867. The van der Waals surface area contributed by atoms with E-state index < -0.39 is 0 Å². The van der Waals surface area contributed by atoms with Crippen LogP contribution in [0, 0.1) is 5.41 Å². The first-order chi connectivity index (χ1) is 10.2. The Bertz CT molecular complexity index is 494. The van der Waals surface area contributed by atoms with E-state index >= 15 is 0 Å². The first-order valence-electron chi connectivity index (χ1n) is 7.95. The van der Waals surface area contributed by atoms with Crippen molar-refractivity contribution in [1.29, 1.82) is 0 Å². The second-order valence-electron chi connectivity index (χ2n) is 6.49. The number of carbonyl (C=O) groups excluding carboxylic acids is 1. The van der Waals surface area contributed by atoms with Gasteiger partial charge in [0.05, 0.1) is 5.41 Å². The summed E-state index contributed by atoms with van der Waals surface area (Å²) in [5.41, 5.74) is 0.640. The summed E-state index contributed by atoms with van der Waals surface area (Å²) in [5.74, 6) is 0.128. The summed E-state index contributed by atoms with van der Waals surface area (Å²) < 4.78 is 0. The maximum Gasteiger partial charge on any atom is 0.231 e. The van der Waals surface area contributed by atoms with Gasteiger partial charge >= 0.3 is 0 Å². The molecule has 1 aliphatic carbocycles. The summed E-state index contributed by atoms with van der Waals surface area (Å²) in [6.07, 6.45) is 6.34. The number of halogens is 1. The molecule has 3 nitrogen and oxygen atoms in total. The van der Waals surface area contributed by atoms with Gasteiger partial charge in [0.2, 0.25) is 5.91 Å². The average Bonchev–Trinajstić information content (AvgIpc) is 3.13. The van der Waals surface area contributed by atoms with E-state index in [1.807, 2.05) is 30.8 Å². The maximum absolute atomic E-state index is 12.3. The molecule has 3 rings (SSSR count). The minimum absolute atomic E-state index is 0. The van der Waals surface area contributed by atoms with E-state index in [2.05, 4.69) is 22.8 Å². The molecule has 1 unspecified atom stereocenters. The van der Waals surface area contributed by atoms with E-state index in [1.165, 1.54) is 30.6 Å². The van der Waals surface area contributed by atoms with Crippen LogP contribution in [0.2, 0.25) is 0 Å². The van der Waals surface area contributed by atoms with Crippen LogP contribution in [0.4, 0.5) is 5.69 Å². The molecule has 1 aromatic rings. The van der Waals surface area contributed by atoms with Gasteiger partial charge in [0.25, 0.3) is 0 Å². The Morgan fingerprint density at radius 1 is 1.27 bits per heavy atom. The van der Waals surface area contributed by atoms with Gasteiger partial charge in [-0.1, -0.05) is 12.8 Å². The van der Waals surface area contributed by atoms with Gasteiger partial charge in [-0.15, -0.1) is 24.2 Å². The molecule has 22 heavy (non-hydrogen) atoms. The number of nitrogens with one attached hydrogen (secondary N) is 2. The molecule has 2 N–H and O–H groups in total. The van der Waals surface area contributed by atoms with Crippen LogP contribution in [-0.2, 0) is 4.79 Å². The Hall–Kier alpha value is -0.710. The van der Waals surface area contributed by atoms with Crippen LogP contribution in [0.1, 0.15) is 39.0 Å². The first-order valence-corrected chi connectivity index (χ1v) is 8.83. The second-order valence-corrected chi connectivity index (χ2v) is 7.86. The zero-order valence-corrected chi connectivity index (χ0v) is 14.7. The molecule has 0 aromatic heterocycles. The summed E-state index contributed by atoms with van der Waals surface area (Å²) in [6, 6.07) is 8.32. The van der Waals surface area contributed by atoms with Gasteiger partial charge in [-0.3, -0.25) is 4.79 Å². The van der Waals surface area contributed by atoms with Crippen molar-refractivity contribution in [3.8, 4) is 0 Å². The van der Waals surface area contributed by atoms with Gasteiger partial charge in [0.1, 0.15) is 0 Å². The molecular formula is C17H25ClN2OS. The first kappa shape index (κ1) is 17.6. The number of rotatable bonds is 4. The Labute approximate surface area is 143 Å². The number of anilines is 1. The number of hydrogen-bond donors (Lipinski definition) is 2. The highest BCUT2D eigenvalue weighted by Crippen LogP contribution is 2.35. The predicted molar refractivity (Wildman–Crippen MR) is 96.0 cm³/mol. The molecule has 5 heteroatoms. The van der Waals surface area contributed by atoms with Crippen LogP contribution in [0.3, 0.4) is 0 Å². The zero-order valence-electron chi connectivity index (χ0n) is 13.1. The fourth-order valence-corrected chi connectivity index (χ4v) is 4.36. The third-order valence-electron chi connectivity index (χ3n) is 4.63. The third kappa shape index (κ3) is 4.18. The third-order valence-corrected chi connectivity index (χ3v) is 5.98. The van der Waals surface area contributed by atoms with Crippen LogP contribution in [0.15, 0.2) is 29.2 Å². The van der Waals surface area contributed by atoms with Crippen molar-refractivity contribution >= 4 is 35.8 Å². The molecule has 0 bridgehead atoms. The molecule has 2 aliphatic rings. The van der Waals surface area contributed by atoms with Crippen molar-refractivity contribution in [3.63, 3.8) is 0 Å². The summed E-state index contributed by atoms with van der Waals surface area (Å²) in [7, 11) is 0. The van der Waals surface area contributed by atoms with E-state index in [4.69, 9.17) is 0 Å². The van der Waals surface area contributed by atoms with Crippen LogP contribution in [0.5, 0.6) is 0 Å². The van der Waals surface area contributed by atoms with Gasteiger partial charge in [0.15, 0.2) is 0 Å². The van der Waals surface area contributed by atoms with E-state index in [9.17, 15) is 4.79 Å². The molecule has 1 heterocycles. The molecule has 1 saturated heterocycles. The number of amides is 1. The van der Waals surface area contributed by atoms with Gasteiger partial charge in [0, 0.05) is 22.4 Å². The Balaban J connectivity index is 0.00000176. The number of carbonyl (C=O) groups is 1. The lowest BCUT2D eigenvalue weighted by Crippen LogP contribution is -2.35. The maximum atomic E-state index is 12.3. The smallest absolute Gasteiger partial charge is 0.231 e. The van der Waals surface area contributed by atoms with E-state index in [-0.39, 0.29) is 23.7 Å². The Morgan fingerprint density at radius 2 is 1.95 bits per heavy atom. The van der Waals surface area contributed by atoms with Crippen molar-refractivity contribution in [2.45, 2.75) is 49.2 Å². The van der Waals surface area contributed by atoms with Crippen LogP contribution in [-0.4, -0.2) is 24.2 Å². The van der Waals surface area contributed by atoms with Gasteiger partial charge in [-0.2, -0.15) is 0 Å². The average molecular weight is 341 g/mol. The van der Waals surface area contributed by atoms with Gasteiger partial charge in [-0.05, 0) is 57.0 Å². The molecule has 122 valence electrons. The van der Waals surface area contributed by atoms with Crippen LogP contribution < -0.4 is 10.6 Å². The van der Waals surface area contributed by atoms with Crippen molar-refractivity contribution < 1.29 is 4.79 Å². The number of hydrogen-bond acceptors (Lipinski definition) is 3. The lowest BCUT2D eigenvalue weighted by atomic mass is 9.89. The fraction of sp³-hybridized carbons (Fsp3) is 0.588. The topological polar surface area (TPSA) is 41.1 Å². The molecule has 1 aromatic carbocycles. The summed E-state index contributed by atoms with van der Waals surface area (Å²) in [4.78, 5) is 13.7. The van der Waals surface area contributed by atoms with Crippen molar-refractivity contribution in [2.24, 2.45) is 5.41 Å². The molecular weight excluding hydrogens is 316 g/mol. The van der Waals surface area contributed by atoms with Crippen molar-refractivity contribution in [3.05, 3.63) is 24.3 Å².